The lowest BCUT2D eigenvalue weighted by Gasteiger charge is -2.18. The summed E-state index contributed by atoms with van der Waals surface area (Å²) in [6, 6.07) is 1.46. The van der Waals surface area contributed by atoms with Crippen LogP contribution in [0.25, 0.3) is 0 Å². The van der Waals surface area contributed by atoms with E-state index in [0.717, 1.165) is 0 Å². The van der Waals surface area contributed by atoms with Crippen LogP contribution in [0, 0.1) is 19.3 Å². The molecule has 1 rings (SSSR count). The van der Waals surface area contributed by atoms with Gasteiger partial charge >= 0.3 is 0 Å². The van der Waals surface area contributed by atoms with E-state index in [1.54, 1.807) is 6.92 Å². The van der Waals surface area contributed by atoms with Gasteiger partial charge in [-0.1, -0.05) is 12.8 Å². The predicted octanol–water partition coefficient (Wildman–Crippen LogP) is 1.08. The second-order valence-electron chi connectivity index (χ2n) is 3.88. The van der Waals surface area contributed by atoms with Crippen molar-refractivity contribution in [2.45, 2.75) is 31.7 Å². The number of terminal acetylenes is 1. The summed E-state index contributed by atoms with van der Waals surface area (Å²) in [5.41, 5.74) is 5.43. The average Bonchev–Trinajstić information content (AvgIpc) is 2.71. The average molecular weight is 270 g/mol. The van der Waals surface area contributed by atoms with Crippen molar-refractivity contribution in [2.24, 2.45) is 5.73 Å². The molecule has 0 bridgehead atoms. The van der Waals surface area contributed by atoms with Crippen molar-refractivity contribution in [3.63, 3.8) is 0 Å². The van der Waals surface area contributed by atoms with Crippen molar-refractivity contribution in [1.29, 1.82) is 0 Å². The smallest absolute Gasteiger partial charge is 0.247 e. The van der Waals surface area contributed by atoms with E-state index in [0.29, 0.717) is 24.5 Å². The molecule has 0 unspecified atom stereocenters. The van der Waals surface area contributed by atoms with E-state index in [4.69, 9.17) is 16.6 Å². The molecule has 0 aromatic carbocycles. The molecule has 100 valence electrons. The van der Waals surface area contributed by atoms with E-state index >= 15 is 0 Å². The highest BCUT2D eigenvalue weighted by Crippen LogP contribution is 2.23. The molecule has 0 aliphatic carbocycles. The van der Waals surface area contributed by atoms with Gasteiger partial charge in [-0.3, -0.25) is 0 Å². The van der Waals surface area contributed by atoms with Crippen LogP contribution in [0.2, 0.25) is 0 Å². The summed E-state index contributed by atoms with van der Waals surface area (Å²) in [6.45, 7) is 4.10. The van der Waals surface area contributed by atoms with Crippen LogP contribution in [-0.2, 0) is 16.6 Å². The van der Waals surface area contributed by atoms with Gasteiger partial charge < -0.3 is 10.2 Å². The van der Waals surface area contributed by atoms with Crippen LogP contribution in [0.5, 0.6) is 0 Å². The second kappa shape index (κ2) is 6.05. The number of hydrogen-bond acceptors (Lipinski definition) is 4. The van der Waals surface area contributed by atoms with Gasteiger partial charge in [-0.2, -0.15) is 4.31 Å². The molecule has 2 N–H and O–H groups in total. The first-order chi connectivity index (χ1) is 8.47. The Bertz CT molecular complexity index is 540. The second-order valence-corrected chi connectivity index (χ2v) is 5.79. The number of furan rings is 1. The van der Waals surface area contributed by atoms with E-state index in [1.165, 1.54) is 10.4 Å². The first kappa shape index (κ1) is 14.8. The Kier molecular flexibility index (Phi) is 4.96. The maximum absolute atomic E-state index is 12.4. The molecule has 0 radical (unpaired) electrons. The molecule has 0 saturated carbocycles. The van der Waals surface area contributed by atoms with Gasteiger partial charge in [0.05, 0.1) is 13.1 Å². The SMILES string of the molecule is C#CCN(CCC)S(=O)(=O)c1cc(CN)oc1C. The van der Waals surface area contributed by atoms with Gasteiger partial charge in [0.1, 0.15) is 16.4 Å². The van der Waals surface area contributed by atoms with Crippen molar-refractivity contribution in [3.05, 3.63) is 17.6 Å². The van der Waals surface area contributed by atoms with Crippen LogP contribution in [-0.4, -0.2) is 25.8 Å². The summed E-state index contributed by atoms with van der Waals surface area (Å²) in [7, 11) is -3.60. The first-order valence-electron chi connectivity index (χ1n) is 5.70. The van der Waals surface area contributed by atoms with Gasteiger partial charge in [0.15, 0.2) is 0 Å². The van der Waals surface area contributed by atoms with Crippen LogP contribution in [0.1, 0.15) is 24.9 Å². The van der Waals surface area contributed by atoms with Crippen LogP contribution in [0.15, 0.2) is 15.4 Å². The molecular weight excluding hydrogens is 252 g/mol. The van der Waals surface area contributed by atoms with Gasteiger partial charge in [-0.15, -0.1) is 6.42 Å². The molecule has 0 saturated heterocycles. The number of hydrogen-bond donors (Lipinski definition) is 1. The zero-order valence-corrected chi connectivity index (χ0v) is 11.5. The van der Waals surface area contributed by atoms with Gasteiger partial charge in [-0.05, 0) is 13.3 Å². The Labute approximate surface area is 108 Å². The minimum Gasteiger partial charge on any atom is -0.464 e. The molecule has 18 heavy (non-hydrogen) atoms. The van der Waals surface area contributed by atoms with Crippen LogP contribution in [0.3, 0.4) is 0 Å². The van der Waals surface area contributed by atoms with Crippen molar-refractivity contribution in [3.8, 4) is 12.3 Å². The van der Waals surface area contributed by atoms with E-state index in [1.807, 2.05) is 6.92 Å². The molecule has 1 aromatic heterocycles. The Morgan fingerprint density at radius 1 is 1.56 bits per heavy atom. The molecule has 5 nitrogen and oxygen atoms in total. The molecule has 6 heteroatoms. The van der Waals surface area contributed by atoms with E-state index in [-0.39, 0.29) is 18.0 Å². The molecule has 1 aromatic rings. The van der Waals surface area contributed by atoms with Gasteiger partial charge in [0.25, 0.3) is 0 Å². The van der Waals surface area contributed by atoms with Crippen molar-refractivity contribution in [1.82, 2.24) is 4.31 Å². The third kappa shape index (κ3) is 2.93. The predicted molar refractivity (Wildman–Crippen MR) is 69.2 cm³/mol. The van der Waals surface area contributed by atoms with Crippen molar-refractivity contribution < 1.29 is 12.8 Å². The molecule has 0 spiro atoms. The maximum atomic E-state index is 12.4. The van der Waals surface area contributed by atoms with Gasteiger partial charge in [-0.25, -0.2) is 8.42 Å². The molecule has 0 fully saturated rings. The molecule has 0 atom stereocenters. The summed E-state index contributed by atoms with van der Waals surface area (Å²) in [4.78, 5) is 0.145. The minimum absolute atomic E-state index is 0.0543. The molecular formula is C12H18N2O3S. The fourth-order valence-corrected chi connectivity index (χ4v) is 3.29. The van der Waals surface area contributed by atoms with E-state index in [2.05, 4.69) is 5.92 Å². The summed E-state index contributed by atoms with van der Waals surface area (Å²) in [6.07, 6.45) is 5.90. The Hall–Kier alpha value is -1.29. The molecule has 1 heterocycles. The third-order valence-electron chi connectivity index (χ3n) is 2.48. The largest absolute Gasteiger partial charge is 0.464 e. The number of nitrogens with two attached hydrogens (primary N) is 1. The topological polar surface area (TPSA) is 76.5 Å². The number of sulfonamides is 1. The normalized spacial score (nSPS) is 11.7. The highest BCUT2D eigenvalue weighted by Gasteiger charge is 2.27. The number of aryl methyl sites for hydroxylation is 1. The fourth-order valence-electron chi connectivity index (χ4n) is 1.66. The number of rotatable bonds is 6. The summed E-state index contributed by atoms with van der Waals surface area (Å²) < 4.78 is 31.3. The van der Waals surface area contributed by atoms with Crippen molar-refractivity contribution in [2.75, 3.05) is 13.1 Å². The van der Waals surface area contributed by atoms with Crippen LogP contribution >= 0.6 is 0 Å². The standard InChI is InChI=1S/C12H18N2O3S/c1-4-6-14(7-5-2)18(15,16)12-8-11(9-13)17-10(12)3/h1,8H,5-7,9,13H2,2-3H3. The van der Waals surface area contributed by atoms with Crippen LogP contribution in [0.4, 0.5) is 0 Å². The van der Waals surface area contributed by atoms with Gasteiger partial charge in [0.2, 0.25) is 10.0 Å². The number of nitrogens with zero attached hydrogens (tertiary/aromatic N) is 1. The monoisotopic (exact) mass is 270 g/mol. The quantitative estimate of drug-likeness (QED) is 0.785. The summed E-state index contributed by atoms with van der Waals surface area (Å²) in [5.74, 6) is 3.15. The molecule has 0 amide bonds. The highest BCUT2D eigenvalue weighted by atomic mass is 32.2. The summed E-state index contributed by atoms with van der Waals surface area (Å²) >= 11 is 0. The zero-order valence-electron chi connectivity index (χ0n) is 10.6. The third-order valence-corrected chi connectivity index (χ3v) is 4.44. The van der Waals surface area contributed by atoms with Crippen molar-refractivity contribution >= 4 is 10.0 Å². The lowest BCUT2D eigenvalue weighted by atomic mass is 10.4. The maximum Gasteiger partial charge on any atom is 0.247 e. The Balaban J connectivity index is 3.17. The Morgan fingerprint density at radius 2 is 2.22 bits per heavy atom. The van der Waals surface area contributed by atoms with Crippen LogP contribution < -0.4 is 5.73 Å². The van der Waals surface area contributed by atoms with Gasteiger partial charge in [0, 0.05) is 12.6 Å². The molecule has 0 aliphatic rings. The fraction of sp³-hybridized carbons (Fsp3) is 0.500. The highest BCUT2D eigenvalue weighted by molar-refractivity contribution is 7.89. The lowest BCUT2D eigenvalue weighted by molar-refractivity contribution is 0.440. The molecule has 0 aliphatic heterocycles. The first-order valence-corrected chi connectivity index (χ1v) is 7.14. The van der Waals surface area contributed by atoms with E-state index < -0.39 is 10.0 Å². The summed E-state index contributed by atoms with van der Waals surface area (Å²) in [5, 5.41) is 0. The Morgan fingerprint density at radius 3 is 2.67 bits per heavy atom. The lowest BCUT2D eigenvalue weighted by Crippen LogP contribution is -2.32. The zero-order chi connectivity index (χ0) is 13.8. The van der Waals surface area contributed by atoms with E-state index in [9.17, 15) is 8.42 Å². The minimum atomic E-state index is -3.60.